The minimum absolute atomic E-state index is 0.263. The Kier molecular flexibility index (Phi) is 3.49. The lowest BCUT2D eigenvalue weighted by Gasteiger charge is -2.01. The molecule has 0 amide bonds. The molecule has 0 bridgehead atoms. The van der Waals surface area contributed by atoms with Crippen LogP contribution in [0, 0.1) is 20.2 Å². The maximum atomic E-state index is 10.6. The summed E-state index contributed by atoms with van der Waals surface area (Å²) >= 11 is 0. The van der Waals surface area contributed by atoms with E-state index in [9.17, 15) is 25.0 Å². The van der Waals surface area contributed by atoms with Crippen LogP contribution in [0.4, 0.5) is 11.4 Å². The first-order valence-electron chi connectivity index (χ1n) is 3.97. The van der Waals surface area contributed by atoms with Crippen molar-refractivity contribution < 1.29 is 19.4 Å². The molecule has 0 aliphatic rings. The first-order chi connectivity index (χ1) is 7.57. The molecule has 1 rings (SSSR count). The topological polar surface area (TPSA) is 113 Å². The molecule has 1 aromatic carbocycles. The number of carbonyl (C=O) groups excluding carboxylic acids is 1. The molecule has 0 saturated heterocycles. The maximum Gasteiger partial charge on any atom is 0.417 e. The van der Waals surface area contributed by atoms with Crippen LogP contribution in [0.2, 0.25) is 0 Å². The summed E-state index contributed by atoms with van der Waals surface area (Å²) in [4.78, 5) is 29.5. The van der Waals surface area contributed by atoms with E-state index in [0.29, 0.717) is 0 Å². The second kappa shape index (κ2) is 4.82. The normalized spacial score (nSPS) is 9.50. The van der Waals surface area contributed by atoms with Crippen LogP contribution in [0.5, 0.6) is 0 Å². The predicted octanol–water partition coefficient (Wildman–Crippen LogP) is 1.09. The standard InChI is InChI=1S/C8H5N2O6/c11-5-16-4-6-7(9(12)13)2-1-3-8(6)10(14)15/h1-3H,4H2. The van der Waals surface area contributed by atoms with Gasteiger partial charge in [0.15, 0.2) is 0 Å². The van der Waals surface area contributed by atoms with E-state index in [1.54, 1.807) is 0 Å². The molecular weight excluding hydrogens is 220 g/mol. The van der Waals surface area contributed by atoms with Gasteiger partial charge < -0.3 is 4.74 Å². The summed E-state index contributed by atoms with van der Waals surface area (Å²) in [5, 5.41) is 21.2. The van der Waals surface area contributed by atoms with E-state index in [1.807, 2.05) is 0 Å². The molecule has 16 heavy (non-hydrogen) atoms. The third-order valence-electron chi connectivity index (χ3n) is 1.80. The third kappa shape index (κ3) is 2.29. The lowest BCUT2D eigenvalue weighted by atomic mass is 10.1. The van der Waals surface area contributed by atoms with Crippen molar-refractivity contribution >= 4 is 17.8 Å². The van der Waals surface area contributed by atoms with Gasteiger partial charge in [0.1, 0.15) is 12.2 Å². The Hall–Kier alpha value is -2.51. The molecule has 0 aliphatic carbocycles. The molecule has 0 aliphatic heterocycles. The highest BCUT2D eigenvalue weighted by Gasteiger charge is 2.24. The average molecular weight is 225 g/mol. The Bertz CT molecular complexity index is 412. The van der Waals surface area contributed by atoms with Crippen molar-refractivity contribution in [3.63, 3.8) is 0 Å². The SMILES string of the molecule is O=[C]OCc1c([N+](=O)[O-])cccc1[N+](=O)[O-]. The molecule has 0 saturated carbocycles. The van der Waals surface area contributed by atoms with Gasteiger partial charge >= 0.3 is 6.47 Å². The van der Waals surface area contributed by atoms with E-state index in [1.165, 1.54) is 6.07 Å². The summed E-state index contributed by atoms with van der Waals surface area (Å²) < 4.78 is 4.19. The Morgan fingerprint density at radius 1 is 1.19 bits per heavy atom. The molecule has 1 aromatic rings. The van der Waals surface area contributed by atoms with Crippen molar-refractivity contribution in [3.8, 4) is 0 Å². The highest BCUT2D eigenvalue weighted by atomic mass is 16.6. The van der Waals surface area contributed by atoms with E-state index in [4.69, 9.17) is 0 Å². The number of ether oxygens (including phenoxy) is 1. The highest BCUT2D eigenvalue weighted by Crippen LogP contribution is 2.28. The van der Waals surface area contributed by atoms with Gasteiger partial charge in [0.25, 0.3) is 11.4 Å². The molecule has 0 fully saturated rings. The van der Waals surface area contributed by atoms with E-state index in [0.717, 1.165) is 18.6 Å². The number of nitrogens with zero attached hydrogens (tertiary/aromatic N) is 2. The van der Waals surface area contributed by atoms with Crippen LogP contribution in [0.25, 0.3) is 0 Å². The number of rotatable bonds is 5. The maximum absolute atomic E-state index is 10.6. The Labute approximate surface area is 88.7 Å². The largest absolute Gasteiger partial charge is 0.452 e. The fraction of sp³-hybridized carbons (Fsp3) is 0.125. The summed E-state index contributed by atoms with van der Waals surface area (Å²) in [6.07, 6.45) is 0. The first kappa shape index (κ1) is 11.6. The summed E-state index contributed by atoms with van der Waals surface area (Å²) in [6.45, 7) is 0.495. The second-order valence-corrected chi connectivity index (χ2v) is 2.66. The van der Waals surface area contributed by atoms with Gasteiger partial charge in [-0.3, -0.25) is 20.2 Å². The zero-order valence-corrected chi connectivity index (χ0v) is 7.78. The highest BCUT2D eigenvalue weighted by molar-refractivity contribution is 5.54. The Balaban J connectivity index is 3.28. The van der Waals surface area contributed by atoms with Gasteiger partial charge in [-0.15, -0.1) is 0 Å². The minimum atomic E-state index is -0.781. The smallest absolute Gasteiger partial charge is 0.417 e. The molecule has 83 valence electrons. The van der Waals surface area contributed by atoms with E-state index in [-0.39, 0.29) is 5.56 Å². The van der Waals surface area contributed by atoms with Crippen LogP contribution in [0.15, 0.2) is 18.2 Å². The Morgan fingerprint density at radius 2 is 1.69 bits per heavy atom. The summed E-state index contributed by atoms with van der Waals surface area (Å²) in [5.74, 6) is 0. The first-order valence-corrected chi connectivity index (χ1v) is 3.97. The quantitative estimate of drug-likeness (QED) is 0.547. The predicted molar refractivity (Wildman–Crippen MR) is 50.2 cm³/mol. The van der Waals surface area contributed by atoms with Crippen molar-refractivity contribution in [3.05, 3.63) is 44.0 Å². The number of benzene rings is 1. The number of hydrogen-bond acceptors (Lipinski definition) is 6. The third-order valence-corrected chi connectivity index (χ3v) is 1.80. The molecule has 0 aromatic heterocycles. The lowest BCUT2D eigenvalue weighted by molar-refractivity contribution is -0.396. The number of nitro groups is 2. The summed E-state index contributed by atoms with van der Waals surface area (Å²) in [6, 6.07) is 3.37. The van der Waals surface area contributed by atoms with Gasteiger partial charge in [0, 0.05) is 12.1 Å². The number of hydrogen-bond donors (Lipinski definition) is 0. The van der Waals surface area contributed by atoms with Crippen LogP contribution in [0.3, 0.4) is 0 Å². The van der Waals surface area contributed by atoms with Gasteiger partial charge in [-0.2, -0.15) is 0 Å². The molecule has 1 radical (unpaired) electrons. The second-order valence-electron chi connectivity index (χ2n) is 2.66. The Morgan fingerprint density at radius 3 is 2.06 bits per heavy atom. The fourth-order valence-electron chi connectivity index (χ4n) is 1.15. The van der Waals surface area contributed by atoms with Crippen LogP contribution in [-0.4, -0.2) is 16.3 Å². The van der Waals surface area contributed by atoms with E-state index < -0.39 is 27.8 Å². The van der Waals surface area contributed by atoms with Crippen LogP contribution < -0.4 is 0 Å². The van der Waals surface area contributed by atoms with Crippen LogP contribution in [-0.2, 0) is 16.1 Å². The number of nitro benzene ring substituents is 2. The molecule has 0 N–H and O–H groups in total. The van der Waals surface area contributed by atoms with Crippen LogP contribution in [0.1, 0.15) is 5.56 Å². The van der Waals surface area contributed by atoms with Crippen molar-refractivity contribution in [2.75, 3.05) is 0 Å². The van der Waals surface area contributed by atoms with Gasteiger partial charge in [0.2, 0.25) is 0 Å². The van der Waals surface area contributed by atoms with Gasteiger partial charge in [-0.25, -0.2) is 4.79 Å². The zero-order chi connectivity index (χ0) is 12.1. The molecule has 0 unspecified atom stereocenters. The van der Waals surface area contributed by atoms with Crippen molar-refractivity contribution in [2.24, 2.45) is 0 Å². The molecule has 8 heteroatoms. The van der Waals surface area contributed by atoms with Gasteiger partial charge in [0.05, 0.1) is 9.85 Å². The molecular formula is C8H5N2O6. The minimum Gasteiger partial charge on any atom is -0.452 e. The van der Waals surface area contributed by atoms with Crippen molar-refractivity contribution in [2.45, 2.75) is 6.61 Å². The lowest BCUT2D eigenvalue weighted by Crippen LogP contribution is -2.02. The van der Waals surface area contributed by atoms with Gasteiger partial charge in [-0.1, -0.05) is 0 Å². The van der Waals surface area contributed by atoms with E-state index in [2.05, 4.69) is 4.74 Å². The summed E-state index contributed by atoms with van der Waals surface area (Å²) in [5.41, 5.74) is -1.20. The fourth-order valence-corrected chi connectivity index (χ4v) is 1.15. The molecule has 0 spiro atoms. The van der Waals surface area contributed by atoms with Crippen molar-refractivity contribution in [1.29, 1.82) is 0 Å². The average Bonchev–Trinajstić information content (AvgIpc) is 2.25. The summed E-state index contributed by atoms with van der Waals surface area (Å²) in [7, 11) is 0. The molecule has 8 nitrogen and oxygen atoms in total. The van der Waals surface area contributed by atoms with Gasteiger partial charge in [-0.05, 0) is 6.07 Å². The van der Waals surface area contributed by atoms with Crippen molar-refractivity contribution in [1.82, 2.24) is 0 Å². The van der Waals surface area contributed by atoms with Crippen LogP contribution >= 0.6 is 0 Å². The van der Waals surface area contributed by atoms with E-state index >= 15 is 0 Å². The molecule has 0 atom stereocenters. The zero-order valence-electron chi connectivity index (χ0n) is 7.78. The monoisotopic (exact) mass is 225 g/mol. The molecule has 0 heterocycles.